The lowest BCUT2D eigenvalue weighted by molar-refractivity contribution is 0.0905. The third-order valence-corrected chi connectivity index (χ3v) is 6.01. The number of phenolic OH excluding ortho intramolecular Hbond substituents is 2. The lowest BCUT2D eigenvalue weighted by Gasteiger charge is -2.27. The highest BCUT2D eigenvalue weighted by Gasteiger charge is 2.55. The molecular weight excluding hydrogens is 400 g/mol. The number of aromatic hydroxyl groups is 2. The molecular formula is C22H18N4O5. The maximum Gasteiger partial charge on any atom is 0.185 e. The number of hydrogen-bond donors (Lipinski definition) is 2. The van der Waals surface area contributed by atoms with Crippen LogP contribution in [0.15, 0.2) is 24.3 Å². The molecule has 0 fully saturated rings. The zero-order valence-electron chi connectivity index (χ0n) is 17.2. The van der Waals surface area contributed by atoms with E-state index in [1.807, 2.05) is 0 Å². The number of fused-ring (bicyclic) bond motifs is 4. The monoisotopic (exact) mass is 418 g/mol. The first-order valence-corrected chi connectivity index (χ1v) is 9.58. The number of hydrogen-bond acceptors (Lipinski definition) is 8. The topological polar surface area (TPSA) is 127 Å². The fourth-order valence-corrected chi connectivity index (χ4v) is 4.36. The molecule has 0 saturated heterocycles. The molecule has 1 aliphatic carbocycles. The van der Waals surface area contributed by atoms with E-state index < -0.39 is 11.2 Å². The summed E-state index contributed by atoms with van der Waals surface area (Å²) in [4.78, 5) is 34.4. The van der Waals surface area contributed by atoms with Gasteiger partial charge in [-0.2, -0.15) is 5.10 Å². The number of Topliss-reactive ketones (excluding diaryl/α,β-unsaturated/α-hetero) is 2. The molecule has 31 heavy (non-hydrogen) atoms. The van der Waals surface area contributed by atoms with E-state index in [1.54, 1.807) is 19.9 Å². The maximum absolute atomic E-state index is 13.8. The molecule has 3 heterocycles. The van der Waals surface area contributed by atoms with Gasteiger partial charge in [-0.25, -0.2) is 9.67 Å². The van der Waals surface area contributed by atoms with Gasteiger partial charge in [0.05, 0.1) is 28.7 Å². The molecule has 2 N–H and O–H groups in total. The smallest absolute Gasteiger partial charge is 0.185 e. The van der Waals surface area contributed by atoms with Gasteiger partial charge < -0.3 is 14.9 Å². The Morgan fingerprint density at radius 3 is 2.58 bits per heavy atom. The van der Waals surface area contributed by atoms with Crippen molar-refractivity contribution in [1.29, 1.82) is 0 Å². The molecule has 5 rings (SSSR count). The van der Waals surface area contributed by atoms with Crippen molar-refractivity contribution in [2.75, 3.05) is 0 Å². The minimum Gasteiger partial charge on any atom is -0.507 e. The van der Waals surface area contributed by atoms with Gasteiger partial charge in [-0.1, -0.05) is 0 Å². The fourth-order valence-electron chi connectivity index (χ4n) is 4.36. The van der Waals surface area contributed by atoms with Gasteiger partial charge in [-0.3, -0.25) is 14.6 Å². The maximum atomic E-state index is 13.8. The van der Waals surface area contributed by atoms with Crippen LogP contribution in [0.3, 0.4) is 0 Å². The van der Waals surface area contributed by atoms with Gasteiger partial charge in [0.1, 0.15) is 34.0 Å². The Morgan fingerprint density at radius 2 is 1.94 bits per heavy atom. The van der Waals surface area contributed by atoms with Crippen molar-refractivity contribution in [2.45, 2.75) is 33.1 Å². The summed E-state index contributed by atoms with van der Waals surface area (Å²) in [6.45, 7) is 6.12. The van der Waals surface area contributed by atoms with Gasteiger partial charge in [-0.15, -0.1) is 0 Å². The normalized spacial score (nSPS) is 18.7. The van der Waals surface area contributed by atoms with Crippen molar-refractivity contribution in [3.8, 4) is 23.1 Å². The van der Waals surface area contributed by atoms with E-state index in [2.05, 4.69) is 15.1 Å². The van der Waals surface area contributed by atoms with Crippen LogP contribution in [0.25, 0.3) is 11.9 Å². The number of benzene rings is 1. The summed E-state index contributed by atoms with van der Waals surface area (Å²) in [5.74, 6) is -0.758. The number of nitrogens with zero attached hydrogens (tertiary/aromatic N) is 4. The van der Waals surface area contributed by atoms with Gasteiger partial charge in [0, 0.05) is 24.0 Å². The van der Waals surface area contributed by atoms with Crippen molar-refractivity contribution < 1.29 is 24.5 Å². The Labute approximate surface area is 176 Å². The molecule has 9 heteroatoms. The largest absolute Gasteiger partial charge is 0.507 e. The summed E-state index contributed by atoms with van der Waals surface area (Å²) in [5.41, 5.74) is 0.150. The van der Waals surface area contributed by atoms with Crippen LogP contribution in [-0.2, 0) is 5.41 Å². The van der Waals surface area contributed by atoms with Gasteiger partial charge in [0.25, 0.3) is 0 Å². The van der Waals surface area contributed by atoms with Crippen LogP contribution in [0.4, 0.5) is 0 Å². The van der Waals surface area contributed by atoms with Crippen LogP contribution in [-0.4, -0.2) is 41.5 Å². The second kappa shape index (κ2) is 6.00. The van der Waals surface area contributed by atoms with Gasteiger partial charge >= 0.3 is 0 Å². The predicted molar refractivity (Wildman–Crippen MR) is 109 cm³/mol. The van der Waals surface area contributed by atoms with Crippen LogP contribution in [0.1, 0.15) is 57.1 Å². The molecule has 0 saturated carbocycles. The minimum atomic E-state index is -1.38. The van der Waals surface area contributed by atoms with Crippen molar-refractivity contribution >= 4 is 17.6 Å². The molecule has 1 aliphatic heterocycles. The molecule has 0 unspecified atom stereocenters. The highest BCUT2D eigenvalue weighted by molar-refractivity contribution is 6.14. The summed E-state index contributed by atoms with van der Waals surface area (Å²) in [5, 5.41) is 25.8. The second-order valence-corrected chi connectivity index (χ2v) is 7.84. The number of ketones is 2. The summed E-state index contributed by atoms with van der Waals surface area (Å²) >= 11 is 0. The quantitative estimate of drug-likeness (QED) is 0.608. The van der Waals surface area contributed by atoms with E-state index in [0.717, 1.165) is 0 Å². The van der Waals surface area contributed by atoms with Crippen LogP contribution in [0.2, 0.25) is 0 Å². The van der Waals surface area contributed by atoms with Crippen molar-refractivity contribution in [3.63, 3.8) is 0 Å². The fraction of sp³-hybridized carbons (Fsp3) is 0.227. The number of aromatic nitrogens is 4. The number of carbonyl (C=O) groups excluding carboxylic acids is 2. The van der Waals surface area contributed by atoms with Gasteiger partial charge in [0.2, 0.25) is 0 Å². The number of aryl methyl sites for hydroxylation is 1. The molecule has 9 nitrogen and oxygen atoms in total. The highest BCUT2D eigenvalue weighted by Crippen LogP contribution is 2.58. The first-order chi connectivity index (χ1) is 14.7. The zero-order valence-corrected chi connectivity index (χ0v) is 17.2. The van der Waals surface area contributed by atoms with Crippen LogP contribution in [0, 0.1) is 13.8 Å². The van der Waals surface area contributed by atoms with E-state index in [1.165, 1.54) is 37.1 Å². The molecule has 0 bridgehead atoms. The van der Waals surface area contributed by atoms with Crippen LogP contribution >= 0.6 is 0 Å². The average Bonchev–Trinajstić information content (AvgIpc) is 3.22. The Bertz CT molecular complexity index is 1360. The summed E-state index contributed by atoms with van der Waals surface area (Å²) in [6.07, 6.45) is 6.23. The average molecular weight is 418 g/mol. The molecule has 0 amide bonds. The SMILES string of the molecule is CC(=O)c1c(O)c(C)c(O)c2c1OC1=Cc3c(c(C)nn3-c3cnccn3)C(=O)[C@@]12C. The summed E-state index contributed by atoms with van der Waals surface area (Å²) in [7, 11) is 0. The molecule has 2 aliphatic rings. The lowest BCUT2D eigenvalue weighted by Crippen LogP contribution is -2.36. The van der Waals surface area contributed by atoms with Crippen molar-refractivity contribution in [2.24, 2.45) is 0 Å². The molecule has 1 atom stereocenters. The lowest BCUT2D eigenvalue weighted by atomic mass is 9.71. The molecule has 0 radical (unpaired) electrons. The number of phenols is 2. The van der Waals surface area contributed by atoms with Crippen molar-refractivity contribution in [1.82, 2.24) is 19.7 Å². The number of allylic oxidation sites excluding steroid dienone is 1. The van der Waals surface area contributed by atoms with E-state index in [4.69, 9.17) is 4.74 Å². The summed E-state index contributed by atoms with van der Waals surface area (Å²) < 4.78 is 7.48. The predicted octanol–water partition coefficient (Wildman–Crippen LogP) is 2.78. The first-order valence-electron chi connectivity index (χ1n) is 9.58. The van der Waals surface area contributed by atoms with E-state index in [0.29, 0.717) is 22.8 Å². The third kappa shape index (κ3) is 2.23. The third-order valence-electron chi connectivity index (χ3n) is 6.01. The first kappa shape index (κ1) is 19.0. The van der Waals surface area contributed by atoms with Crippen LogP contribution < -0.4 is 4.74 Å². The molecule has 3 aromatic rings. The van der Waals surface area contributed by atoms with Gasteiger partial charge in [-0.05, 0) is 27.7 Å². The standard InChI is InChI=1S/C22H18N4O5/c1-9-18(28)16(11(3)27)20-17(19(9)29)22(4)13(31-20)7-12-15(21(22)30)10(2)25-26(12)14-8-23-5-6-24-14/h5-8,28-29H,1-4H3/t22-/m0/s1. The minimum absolute atomic E-state index is 0.00276. The van der Waals surface area contributed by atoms with E-state index >= 15 is 0 Å². The van der Waals surface area contributed by atoms with E-state index in [-0.39, 0.29) is 45.5 Å². The Hall–Kier alpha value is -4.01. The Kier molecular flexibility index (Phi) is 3.68. The Balaban J connectivity index is 1.82. The summed E-state index contributed by atoms with van der Waals surface area (Å²) in [6, 6.07) is 0. The zero-order chi connectivity index (χ0) is 22.2. The van der Waals surface area contributed by atoms with Crippen molar-refractivity contribution in [3.05, 3.63) is 58.0 Å². The molecule has 156 valence electrons. The highest BCUT2D eigenvalue weighted by atomic mass is 16.5. The molecule has 1 aromatic carbocycles. The molecule has 2 aromatic heterocycles. The van der Waals surface area contributed by atoms with Crippen LogP contribution in [0.5, 0.6) is 17.2 Å². The number of rotatable bonds is 2. The number of ether oxygens (including phenoxy) is 1. The number of carbonyl (C=O) groups is 2. The second-order valence-electron chi connectivity index (χ2n) is 7.84. The van der Waals surface area contributed by atoms with E-state index in [9.17, 15) is 19.8 Å². The Morgan fingerprint density at radius 1 is 1.19 bits per heavy atom. The van der Waals surface area contributed by atoms with Gasteiger partial charge in [0.15, 0.2) is 17.4 Å². The molecule has 0 spiro atoms.